The Morgan fingerprint density at radius 1 is 1.47 bits per heavy atom. The summed E-state index contributed by atoms with van der Waals surface area (Å²) >= 11 is 3.48. The highest BCUT2D eigenvalue weighted by molar-refractivity contribution is 9.10. The van der Waals surface area contributed by atoms with Gasteiger partial charge in [0.15, 0.2) is 0 Å². The van der Waals surface area contributed by atoms with Crippen LogP contribution in [0.4, 0.5) is 5.69 Å². The minimum absolute atomic E-state index is 0.606. The van der Waals surface area contributed by atoms with E-state index in [9.17, 15) is 0 Å². The predicted molar refractivity (Wildman–Crippen MR) is 68.4 cm³/mol. The Kier molecular flexibility index (Phi) is 3.32. The number of hydrogen-bond acceptors (Lipinski definition) is 2. The van der Waals surface area contributed by atoms with Crippen molar-refractivity contribution in [3.8, 4) is 0 Å². The van der Waals surface area contributed by atoms with Crippen LogP contribution in [0.1, 0.15) is 12.0 Å². The molecule has 1 N–H and O–H groups in total. The third kappa shape index (κ3) is 2.73. The van der Waals surface area contributed by atoms with E-state index in [-0.39, 0.29) is 0 Å². The second-order valence-electron chi connectivity index (χ2n) is 4.35. The van der Waals surface area contributed by atoms with Gasteiger partial charge >= 0.3 is 0 Å². The molecule has 1 unspecified atom stereocenters. The molecule has 1 aromatic rings. The van der Waals surface area contributed by atoms with Gasteiger partial charge in [0.05, 0.1) is 0 Å². The molecule has 1 saturated heterocycles. The van der Waals surface area contributed by atoms with Gasteiger partial charge in [-0.25, -0.2) is 0 Å². The van der Waals surface area contributed by atoms with Crippen molar-refractivity contribution in [2.45, 2.75) is 19.4 Å². The molecule has 0 amide bonds. The first-order valence-corrected chi connectivity index (χ1v) is 6.15. The molecular formula is C12H17BrN2. The first-order valence-electron chi connectivity index (χ1n) is 5.36. The van der Waals surface area contributed by atoms with Crippen molar-refractivity contribution in [3.63, 3.8) is 0 Å². The average molecular weight is 269 g/mol. The first kappa shape index (κ1) is 11.0. The molecular weight excluding hydrogens is 252 g/mol. The van der Waals surface area contributed by atoms with Crippen molar-refractivity contribution < 1.29 is 0 Å². The monoisotopic (exact) mass is 268 g/mol. The molecule has 0 aromatic heterocycles. The third-order valence-electron chi connectivity index (χ3n) is 2.94. The number of likely N-dealkylation sites (tertiary alicyclic amines) is 1. The number of benzene rings is 1. The van der Waals surface area contributed by atoms with Crippen molar-refractivity contribution in [1.82, 2.24) is 4.90 Å². The van der Waals surface area contributed by atoms with Gasteiger partial charge in [0.1, 0.15) is 0 Å². The second-order valence-corrected chi connectivity index (χ2v) is 5.27. The number of rotatable bonds is 2. The van der Waals surface area contributed by atoms with Crippen LogP contribution in [-0.2, 0) is 0 Å². The largest absolute Gasteiger partial charge is 0.381 e. The average Bonchev–Trinajstić information content (AvgIpc) is 2.56. The Hall–Kier alpha value is -0.540. The van der Waals surface area contributed by atoms with Gasteiger partial charge in [-0.1, -0.05) is 15.9 Å². The molecule has 1 heterocycles. The summed E-state index contributed by atoms with van der Waals surface area (Å²) in [4.78, 5) is 2.37. The smallest absolute Gasteiger partial charge is 0.0400 e. The van der Waals surface area contributed by atoms with E-state index in [2.05, 4.69) is 58.3 Å². The molecule has 1 aliphatic heterocycles. The maximum Gasteiger partial charge on any atom is 0.0400 e. The molecule has 2 rings (SSSR count). The van der Waals surface area contributed by atoms with Gasteiger partial charge in [0.2, 0.25) is 0 Å². The highest BCUT2D eigenvalue weighted by Crippen LogP contribution is 2.22. The SMILES string of the molecule is Cc1cc(Br)ccc1NC1CCN(C)C1. The van der Waals surface area contributed by atoms with Crippen LogP contribution in [0.15, 0.2) is 22.7 Å². The summed E-state index contributed by atoms with van der Waals surface area (Å²) in [6.45, 7) is 4.49. The maximum atomic E-state index is 3.60. The van der Waals surface area contributed by atoms with Crippen LogP contribution in [0.5, 0.6) is 0 Å². The number of likely N-dealkylation sites (N-methyl/N-ethyl adjacent to an activating group) is 1. The zero-order valence-corrected chi connectivity index (χ0v) is 10.8. The van der Waals surface area contributed by atoms with Gasteiger partial charge in [-0.15, -0.1) is 0 Å². The Morgan fingerprint density at radius 2 is 2.27 bits per heavy atom. The lowest BCUT2D eigenvalue weighted by Gasteiger charge is -2.16. The van der Waals surface area contributed by atoms with Gasteiger partial charge in [0, 0.05) is 22.7 Å². The van der Waals surface area contributed by atoms with Crippen LogP contribution in [-0.4, -0.2) is 31.1 Å². The predicted octanol–water partition coefficient (Wildman–Crippen LogP) is 2.87. The van der Waals surface area contributed by atoms with Gasteiger partial charge in [0.25, 0.3) is 0 Å². The lowest BCUT2D eigenvalue weighted by molar-refractivity contribution is 0.414. The van der Waals surface area contributed by atoms with Crippen LogP contribution in [0.3, 0.4) is 0 Å². The van der Waals surface area contributed by atoms with Crippen molar-refractivity contribution in [1.29, 1.82) is 0 Å². The van der Waals surface area contributed by atoms with Crippen LogP contribution in [0.25, 0.3) is 0 Å². The molecule has 1 aromatic carbocycles. The summed E-state index contributed by atoms with van der Waals surface area (Å²) in [6.07, 6.45) is 1.24. The van der Waals surface area contributed by atoms with Crippen molar-refractivity contribution in [3.05, 3.63) is 28.2 Å². The minimum atomic E-state index is 0.606. The van der Waals surface area contributed by atoms with Gasteiger partial charge in [-0.05, 0) is 50.7 Å². The lowest BCUT2D eigenvalue weighted by Crippen LogP contribution is -2.23. The fraction of sp³-hybridized carbons (Fsp3) is 0.500. The van der Waals surface area contributed by atoms with E-state index in [4.69, 9.17) is 0 Å². The van der Waals surface area contributed by atoms with Gasteiger partial charge in [-0.2, -0.15) is 0 Å². The highest BCUT2D eigenvalue weighted by Gasteiger charge is 2.19. The Morgan fingerprint density at radius 3 is 2.87 bits per heavy atom. The molecule has 1 aliphatic rings. The zero-order valence-electron chi connectivity index (χ0n) is 9.26. The molecule has 0 aliphatic carbocycles. The molecule has 1 fully saturated rings. The number of aryl methyl sites for hydroxylation is 1. The van der Waals surface area contributed by atoms with E-state index in [1.165, 1.54) is 24.2 Å². The summed E-state index contributed by atoms with van der Waals surface area (Å²) in [5.41, 5.74) is 2.57. The van der Waals surface area contributed by atoms with Crippen LogP contribution in [0, 0.1) is 6.92 Å². The Bertz CT molecular complexity index is 351. The molecule has 15 heavy (non-hydrogen) atoms. The number of nitrogens with zero attached hydrogens (tertiary/aromatic N) is 1. The van der Waals surface area contributed by atoms with E-state index in [0.717, 1.165) is 11.0 Å². The van der Waals surface area contributed by atoms with Gasteiger partial charge < -0.3 is 10.2 Å². The molecule has 0 bridgehead atoms. The quantitative estimate of drug-likeness (QED) is 0.888. The molecule has 3 heteroatoms. The molecule has 2 nitrogen and oxygen atoms in total. The first-order chi connectivity index (χ1) is 7.15. The topological polar surface area (TPSA) is 15.3 Å². The van der Waals surface area contributed by atoms with E-state index in [1.807, 2.05) is 0 Å². The summed E-state index contributed by atoms with van der Waals surface area (Å²) in [5.74, 6) is 0. The van der Waals surface area contributed by atoms with E-state index in [0.29, 0.717) is 6.04 Å². The van der Waals surface area contributed by atoms with E-state index >= 15 is 0 Å². The second kappa shape index (κ2) is 4.54. The normalized spacial score (nSPS) is 21.9. The number of halogens is 1. The molecule has 0 saturated carbocycles. The Labute approximate surface area is 99.8 Å². The summed E-state index contributed by atoms with van der Waals surface area (Å²) in [6, 6.07) is 7.00. The molecule has 1 atom stereocenters. The highest BCUT2D eigenvalue weighted by atomic mass is 79.9. The minimum Gasteiger partial charge on any atom is -0.381 e. The standard InChI is InChI=1S/C12H17BrN2/c1-9-7-10(13)3-4-12(9)14-11-5-6-15(2)8-11/h3-4,7,11,14H,5-6,8H2,1-2H3. The van der Waals surface area contributed by atoms with Crippen molar-refractivity contribution in [2.24, 2.45) is 0 Å². The number of nitrogens with one attached hydrogen (secondary N) is 1. The number of hydrogen-bond donors (Lipinski definition) is 1. The van der Waals surface area contributed by atoms with Crippen molar-refractivity contribution >= 4 is 21.6 Å². The lowest BCUT2D eigenvalue weighted by atomic mass is 10.1. The fourth-order valence-corrected chi connectivity index (χ4v) is 2.54. The summed E-state index contributed by atoms with van der Waals surface area (Å²) < 4.78 is 1.15. The van der Waals surface area contributed by atoms with Crippen LogP contribution >= 0.6 is 15.9 Å². The van der Waals surface area contributed by atoms with E-state index in [1.54, 1.807) is 0 Å². The van der Waals surface area contributed by atoms with Crippen LogP contribution < -0.4 is 5.32 Å². The summed E-state index contributed by atoms with van der Waals surface area (Å²) in [7, 11) is 2.18. The van der Waals surface area contributed by atoms with Crippen LogP contribution in [0.2, 0.25) is 0 Å². The van der Waals surface area contributed by atoms with E-state index < -0.39 is 0 Å². The fourth-order valence-electron chi connectivity index (χ4n) is 2.06. The number of anilines is 1. The maximum absolute atomic E-state index is 3.60. The van der Waals surface area contributed by atoms with Crippen molar-refractivity contribution in [2.75, 3.05) is 25.5 Å². The van der Waals surface area contributed by atoms with Gasteiger partial charge in [-0.3, -0.25) is 0 Å². The molecule has 82 valence electrons. The molecule has 0 spiro atoms. The zero-order chi connectivity index (χ0) is 10.8. The Balaban J connectivity index is 2.04. The third-order valence-corrected chi connectivity index (χ3v) is 3.43. The molecule has 0 radical (unpaired) electrons. The summed E-state index contributed by atoms with van der Waals surface area (Å²) in [5, 5.41) is 3.60.